The van der Waals surface area contributed by atoms with Gasteiger partial charge in [-0.3, -0.25) is 4.79 Å². The van der Waals surface area contributed by atoms with Crippen LogP contribution in [0.2, 0.25) is 0 Å². The van der Waals surface area contributed by atoms with E-state index in [0.29, 0.717) is 11.5 Å². The molecule has 1 aliphatic heterocycles. The van der Waals surface area contributed by atoms with Crippen LogP contribution < -0.4 is 0 Å². The third-order valence-corrected chi connectivity index (χ3v) is 5.47. The van der Waals surface area contributed by atoms with E-state index in [1.54, 1.807) is 6.20 Å². The SMILES string of the molecule is Cc1ccc(-n2cc(C)c3cc(C(=O)N4CCC(C)CC4)cnc32)cc1. The molecule has 0 atom stereocenters. The van der Waals surface area contributed by atoms with Gasteiger partial charge in [-0.1, -0.05) is 24.6 Å². The summed E-state index contributed by atoms with van der Waals surface area (Å²) in [6, 6.07) is 10.4. The van der Waals surface area contributed by atoms with Gasteiger partial charge in [-0.2, -0.15) is 0 Å². The van der Waals surface area contributed by atoms with Crippen LogP contribution in [0.15, 0.2) is 42.7 Å². The quantitative estimate of drug-likeness (QED) is 0.684. The zero-order valence-corrected chi connectivity index (χ0v) is 15.7. The van der Waals surface area contributed by atoms with Crippen molar-refractivity contribution in [1.29, 1.82) is 0 Å². The summed E-state index contributed by atoms with van der Waals surface area (Å²) in [5, 5.41) is 1.04. The van der Waals surface area contributed by atoms with Crippen LogP contribution in [0.4, 0.5) is 0 Å². The first-order valence-corrected chi connectivity index (χ1v) is 9.37. The molecule has 1 aliphatic rings. The van der Waals surface area contributed by atoms with Crippen molar-refractivity contribution in [2.75, 3.05) is 13.1 Å². The molecule has 0 unspecified atom stereocenters. The minimum atomic E-state index is 0.105. The Bertz CT molecular complexity index is 947. The second-order valence-corrected chi connectivity index (χ2v) is 7.59. The molecule has 1 amide bonds. The topological polar surface area (TPSA) is 38.1 Å². The van der Waals surface area contributed by atoms with Gasteiger partial charge < -0.3 is 9.47 Å². The van der Waals surface area contributed by atoms with Crippen LogP contribution in [0, 0.1) is 19.8 Å². The van der Waals surface area contributed by atoms with Crippen molar-refractivity contribution in [3.05, 3.63) is 59.4 Å². The number of piperidine rings is 1. The van der Waals surface area contributed by atoms with E-state index in [0.717, 1.165) is 48.2 Å². The Morgan fingerprint density at radius 3 is 2.50 bits per heavy atom. The number of fused-ring (bicyclic) bond motifs is 1. The van der Waals surface area contributed by atoms with Gasteiger partial charge in [0.1, 0.15) is 5.65 Å². The number of benzene rings is 1. The molecule has 3 heterocycles. The number of aromatic nitrogens is 2. The maximum atomic E-state index is 12.9. The van der Waals surface area contributed by atoms with Crippen LogP contribution in [-0.4, -0.2) is 33.4 Å². The van der Waals surface area contributed by atoms with Crippen molar-refractivity contribution in [2.24, 2.45) is 5.92 Å². The molecule has 1 fully saturated rings. The first-order valence-electron chi connectivity index (χ1n) is 9.37. The largest absolute Gasteiger partial charge is 0.339 e. The van der Waals surface area contributed by atoms with Crippen LogP contribution in [0.25, 0.3) is 16.7 Å². The van der Waals surface area contributed by atoms with Crippen LogP contribution >= 0.6 is 0 Å². The van der Waals surface area contributed by atoms with Gasteiger partial charge in [0.15, 0.2) is 0 Å². The number of rotatable bonds is 2. The van der Waals surface area contributed by atoms with Gasteiger partial charge in [-0.25, -0.2) is 4.98 Å². The molecule has 0 N–H and O–H groups in total. The zero-order valence-electron chi connectivity index (χ0n) is 15.7. The van der Waals surface area contributed by atoms with Crippen molar-refractivity contribution < 1.29 is 4.79 Å². The van der Waals surface area contributed by atoms with E-state index in [1.165, 1.54) is 5.56 Å². The van der Waals surface area contributed by atoms with Crippen molar-refractivity contribution in [2.45, 2.75) is 33.6 Å². The highest BCUT2D eigenvalue weighted by molar-refractivity contribution is 5.97. The Kier molecular flexibility index (Phi) is 4.27. The van der Waals surface area contributed by atoms with Gasteiger partial charge in [0, 0.05) is 36.6 Å². The lowest BCUT2D eigenvalue weighted by Crippen LogP contribution is -2.37. The molecular formula is C22H25N3O. The highest BCUT2D eigenvalue weighted by Crippen LogP contribution is 2.25. The zero-order chi connectivity index (χ0) is 18.3. The maximum Gasteiger partial charge on any atom is 0.255 e. The van der Waals surface area contributed by atoms with E-state index in [1.807, 2.05) is 11.0 Å². The van der Waals surface area contributed by atoms with Gasteiger partial charge in [0.05, 0.1) is 5.56 Å². The number of amides is 1. The lowest BCUT2D eigenvalue weighted by molar-refractivity contribution is 0.0697. The summed E-state index contributed by atoms with van der Waals surface area (Å²) >= 11 is 0. The molecule has 26 heavy (non-hydrogen) atoms. The predicted octanol–water partition coefficient (Wildman–Crippen LogP) is 4.51. The monoisotopic (exact) mass is 347 g/mol. The Labute approximate surface area is 154 Å². The molecular weight excluding hydrogens is 322 g/mol. The normalized spacial score (nSPS) is 15.6. The molecule has 4 heteroatoms. The number of aryl methyl sites for hydroxylation is 2. The highest BCUT2D eigenvalue weighted by Gasteiger charge is 2.22. The number of carbonyl (C=O) groups is 1. The van der Waals surface area contributed by atoms with E-state index in [9.17, 15) is 4.79 Å². The summed E-state index contributed by atoms with van der Waals surface area (Å²) in [4.78, 5) is 19.5. The van der Waals surface area contributed by atoms with E-state index in [2.05, 4.69) is 60.8 Å². The van der Waals surface area contributed by atoms with Crippen LogP contribution in [0.3, 0.4) is 0 Å². The molecule has 0 saturated carbocycles. The Balaban J connectivity index is 1.69. The standard InChI is InChI=1S/C22H25N3O/c1-15-4-6-19(7-5-15)25-14-17(3)20-12-18(13-23-21(20)25)22(26)24-10-8-16(2)9-11-24/h4-7,12-14,16H,8-11H2,1-3H3. The lowest BCUT2D eigenvalue weighted by Gasteiger charge is -2.30. The number of hydrogen-bond donors (Lipinski definition) is 0. The number of likely N-dealkylation sites (tertiary alicyclic amines) is 1. The minimum absolute atomic E-state index is 0.105. The molecule has 0 radical (unpaired) electrons. The number of carbonyl (C=O) groups excluding carboxylic acids is 1. The molecule has 134 valence electrons. The summed E-state index contributed by atoms with van der Waals surface area (Å²) in [6.45, 7) is 8.11. The first-order chi connectivity index (χ1) is 12.5. The smallest absolute Gasteiger partial charge is 0.255 e. The first kappa shape index (κ1) is 16.8. The number of nitrogens with zero attached hydrogens (tertiary/aromatic N) is 3. The van der Waals surface area contributed by atoms with Gasteiger partial charge in [-0.05, 0) is 56.4 Å². The van der Waals surface area contributed by atoms with E-state index in [-0.39, 0.29) is 5.91 Å². The molecule has 0 bridgehead atoms. The summed E-state index contributed by atoms with van der Waals surface area (Å²) in [5.74, 6) is 0.819. The minimum Gasteiger partial charge on any atom is -0.339 e. The number of pyridine rings is 1. The Hall–Kier alpha value is -2.62. The van der Waals surface area contributed by atoms with Crippen molar-refractivity contribution >= 4 is 16.9 Å². The molecule has 1 aromatic carbocycles. The van der Waals surface area contributed by atoms with Crippen LogP contribution in [-0.2, 0) is 0 Å². The van der Waals surface area contributed by atoms with Crippen molar-refractivity contribution in [3.8, 4) is 5.69 Å². The Morgan fingerprint density at radius 1 is 1.12 bits per heavy atom. The van der Waals surface area contributed by atoms with E-state index < -0.39 is 0 Å². The fourth-order valence-electron chi connectivity index (χ4n) is 3.68. The second kappa shape index (κ2) is 6.60. The molecule has 2 aromatic heterocycles. The van der Waals surface area contributed by atoms with E-state index in [4.69, 9.17) is 0 Å². The maximum absolute atomic E-state index is 12.9. The third-order valence-electron chi connectivity index (χ3n) is 5.47. The molecule has 0 aliphatic carbocycles. The highest BCUT2D eigenvalue weighted by atomic mass is 16.2. The van der Waals surface area contributed by atoms with Gasteiger partial charge in [0.2, 0.25) is 0 Å². The lowest BCUT2D eigenvalue weighted by atomic mass is 9.98. The van der Waals surface area contributed by atoms with Crippen LogP contribution in [0.5, 0.6) is 0 Å². The molecule has 0 spiro atoms. The molecule has 1 saturated heterocycles. The fourth-order valence-corrected chi connectivity index (χ4v) is 3.68. The van der Waals surface area contributed by atoms with Crippen LogP contribution in [0.1, 0.15) is 41.3 Å². The molecule has 3 aromatic rings. The second-order valence-electron chi connectivity index (χ2n) is 7.59. The van der Waals surface area contributed by atoms with Crippen molar-refractivity contribution in [3.63, 3.8) is 0 Å². The van der Waals surface area contributed by atoms with Gasteiger partial charge in [-0.15, -0.1) is 0 Å². The summed E-state index contributed by atoms with van der Waals surface area (Å²) in [7, 11) is 0. The average Bonchev–Trinajstić information content (AvgIpc) is 2.99. The molecule has 4 rings (SSSR count). The predicted molar refractivity (Wildman–Crippen MR) is 105 cm³/mol. The van der Waals surface area contributed by atoms with E-state index >= 15 is 0 Å². The summed E-state index contributed by atoms with van der Waals surface area (Å²) in [6.07, 6.45) is 6.00. The van der Waals surface area contributed by atoms with Gasteiger partial charge in [0.25, 0.3) is 5.91 Å². The summed E-state index contributed by atoms with van der Waals surface area (Å²) < 4.78 is 2.10. The van der Waals surface area contributed by atoms with Crippen molar-refractivity contribution in [1.82, 2.24) is 14.5 Å². The fraction of sp³-hybridized carbons (Fsp3) is 0.364. The van der Waals surface area contributed by atoms with Gasteiger partial charge >= 0.3 is 0 Å². The Morgan fingerprint density at radius 2 is 1.81 bits per heavy atom. The number of hydrogen-bond acceptors (Lipinski definition) is 2. The summed E-state index contributed by atoms with van der Waals surface area (Å²) in [5.41, 5.74) is 5.05. The third kappa shape index (κ3) is 3.00. The molecule has 4 nitrogen and oxygen atoms in total. The average molecular weight is 347 g/mol.